The van der Waals surface area contributed by atoms with Gasteiger partial charge in [-0.15, -0.1) is 0 Å². The Morgan fingerprint density at radius 3 is 1.84 bits per heavy atom. The maximum Gasteiger partial charge on any atom is 0.490 e. The molecule has 0 aromatic heterocycles. The summed E-state index contributed by atoms with van der Waals surface area (Å²) in [4.78, 5) is 22.4. The Hall–Kier alpha value is -3.08. The SMILES string of the molecule is O=C(N[C@@H]1CN(Cc2ccccc2)C[C@H]1c1ccccc1)C(F)(F)F.O=C(O)C(F)(F)F. The molecule has 0 spiro atoms. The van der Waals surface area contributed by atoms with Crippen molar-refractivity contribution in [2.75, 3.05) is 13.1 Å². The Morgan fingerprint density at radius 2 is 1.38 bits per heavy atom. The first kappa shape index (κ1) is 25.2. The van der Waals surface area contributed by atoms with E-state index in [9.17, 15) is 31.1 Å². The van der Waals surface area contributed by atoms with E-state index in [0.717, 1.165) is 11.1 Å². The first-order valence-electron chi connectivity index (χ1n) is 9.37. The van der Waals surface area contributed by atoms with Gasteiger partial charge < -0.3 is 10.4 Å². The lowest BCUT2D eigenvalue weighted by atomic mass is 9.94. The summed E-state index contributed by atoms with van der Waals surface area (Å²) in [5.41, 5.74) is 2.03. The molecular formula is C21H20F6N2O3. The van der Waals surface area contributed by atoms with Crippen LogP contribution in [0.5, 0.6) is 0 Å². The van der Waals surface area contributed by atoms with Crippen molar-refractivity contribution in [1.82, 2.24) is 10.2 Å². The number of benzene rings is 2. The summed E-state index contributed by atoms with van der Waals surface area (Å²) in [5, 5.41) is 9.30. The van der Waals surface area contributed by atoms with Crippen molar-refractivity contribution >= 4 is 11.9 Å². The van der Waals surface area contributed by atoms with Gasteiger partial charge in [0.1, 0.15) is 0 Å². The third kappa shape index (κ3) is 7.56. The number of likely N-dealkylation sites (tertiary alicyclic amines) is 1. The summed E-state index contributed by atoms with van der Waals surface area (Å²) in [6, 6.07) is 18.6. The number of carboxylic acids is 1. The Balaban J connectivity index is 0.000000451. The third-order valence-corrected chi connectivity index (χ3v) is 4.69. The Bertz CT molecular complexity index is 888. The summed E-state index contributed by atoms with van der Waals surface area (Å²) >= 11 is 0. The van der Waals surface area contributed by atoms with Crippen molar-refractivity contribution in [1.29, 1.82) is 0 Å². The molecule has 1 heterocycles. The Morgan fingerprint density at radius 1 is 0.875 bits per heavy atom. The highest BCUT2D eigenvalue weighted by Crippen LogP contribution is 2.29. The molecule has 2 N–H and O–H groups in total. The fraction of sp³-hybridized carbons (Fsp3) is 0.333. The van der Waals surface area contributed by atoms with Crippen LogP contribution in [0.15, 0.2) is 60.7 Å². The molecule has 1 aliphatic rings. The van der Waals surface area contributed by atoms with Gasteiger partial charge in [0.15, 0.2) is 0 Å². The predicted octanol–water partition coefficient (Wildman–Crippen LogP) is 3.97. The first-order valence-corrected chi connectivity index (χ1v) is 9.37. The smallest absolute Gasteiger partial charge is 0.475 e. The van der Waals surface area contributed by atoms with Gasteiger partial charge in [0.2, 0.25) is 0 Å². The quantitative estimate of drug-likeness (QED) is 0.675. The van der Waals surface area contributed by atoms with Gasteiger partial charge in [-0.05, 0) is 11.1 Å². The second-order valence-corrected chi connectivity index (χ2v) is 7.08. The second kappa shape index (κ2) is 10.5. The van der Waals surface area contributed by atoms with Gasteiger partial charge in [0.25, 0.3) is 0 Å². The molecule has 1 aliphatic heterocycles. The van der Waals surface area contributed by atoms with Gasteiger partial charge in [-0.25, -0.2) is 4.79 Å². The minimum absolute atomic E-state index is 0.170. The molecule has 1 fully saturated rings. The fourth-order valence-corrected chi connectivity index (χ4v) is 3.29. The van der Waals surface area contributed by atoms with Crippen LogP contribution in [0, 0.1) is 0 Å². The lowest BCUT2D eigenvalue weighted by Gasteiger charge is -2.21. The zero-order valence-corrected chi connectivity index (χ0v) is 16.5. The highest BCUT2D eigenvalue weighted by molar-refractivity contribution is 5.82. The number of carbonyl (C=O) groups is 2. The maximum atomic E-state index is 12.7. The minimum Gasteiger partial charge on any atom is -0.475 e. The van der Waals surface area contributed by atoms with Crippen molar-refractivity contribution < 1.29 is 41.0 Å². The van der Waals surface area contributed by atoms with Crippen LogP contribution in [0.2, 0.25) is 0 Å². The zero-order valence-electron chi connectivity index (χ0n) is 16.5. The number of nitrogens with one attached hydrogen (secondary N) is 1. The van der Waals surface area contributed by atoms with Crippen LogP contribution in [0.1, 0.15) is 17.0 Å². The number of halogens is 6. The number of hydrogen-bond acceptors (Lipinski definition) is 3. The normalized spacial score (nSPS) is 19.1. The van der Waals surface area contributed by atoms with Gasteiger partial charge in [0, 0.05) is 31.6 Å². The predicted molar refractivity (Wildman–Crippen MR) is 103 cm³/mol. The van der Waals surface area contributed by atoms with E-state index in [1.807, 2.05) is 60.7 Å². The molecule has 5 nitrogen and oxygen atoms in total. The molecule has 174 valence electrons. The number of nitrogens with zero attached hydrogens (tertiary/aromatic N) is 1. The maximum absolute atomic E-state index is 12.7. The van der Waals surface area contributed by atoms with Crippen LogP contribution < -0.4 is 5.32 Å². The molecule has 2 aromatic carbocycles. The lowest BCUT2D eigenvalue weighted by molar-refractivity contribution is -0.192. The zero-order chi connectivity index (χ0) is 23.9. The number of rotatable bonds is 4. The van der Waals surface area contributed by atoms with E-state index in [2.05, 4.69) is 10.2 Å². The Labute approximate surface area is 179 Å². The molecule has 1 saturated heterocycles. The van der Waals surface area contributed by atoms with Gasteiger partial charge in [0.05, 0.1) is 0 Å². The summed E-state index contributed by atoms with van der Waals surface area (Å²) in [6.07, 6.45) is -9.95. The van der Waals surface area contributed by atoms with E-state index in [-0.39, 0.29) is 5.92 Å². The van der Waals surface area contributed by atoms with E-state index >= 15 is 0 Å². The van der Waals surface area contributed by atoms with E-state index in [1.54, 1.807) is 0 Å². The highest BCUT2D eigenvalue weighted by atomic mass is 19.4. The molecular weight excluding hydrogens is 442 g/mol. The van der Waals surface area contributed by atoms with Crippen molar-refractivity contribution in [3.8, 4) is 0 Å². The molecule has 32 heavy (non-hydrogen) atoms. The highest BCUT2D eigenvalue weighted by Gasteiger charge is 2.43. The largest absolute Gasteiger partial charge is 0.490 e. The van der Waals surface area contributed by atoms with Gasteiger partial charge in [-0.3, -0.25) is 9.69 Å². The molecule has 1 amide bonds. The molecule has 0 saturated carbocycles. The van der Waals surface area contributed by atoms with E-state index in [0.29, 0.717) is 19.6 Å². The van der Waals surface area contributed by atoms with E-state index < -0.39 is 30.3 Å². The van der Waals surface area contributed by atoms with Crippen molar-refractivity contribution in [2.24, 2.45) is 0 Å². The van der Waals surface area contributed by atoms with Gasteiger partial charge in [-0.2, -0.15) is 26.3 Å². The number of alkyl halides is 6. The Kier molecular flexibility index (Phi) is 8.25. The van der Waals surface area contributed by atoms with Crippen LogP contribution in [-0.2, 0) is 16.1 Å². The standard InChI is InChI=1S/C19H19F3N2O.C2HF3O2/c20-19(21,22)18(25)23-17-13-24(11-14-7-3-1-4-8-14)12-16(17)15-9-5-2-6-10-15;3-2(4,5)1(6)7/h1-10,16-17H,11-13H2,(H,23,25);(H,6,7)/t16-,17+;/m0./s1. The van der Waals surface area contributed by atoms with Crippen LogP contribution in [0.25, 0.3) is 0 Å². The van der Waals surface area contributed by atoms with Crippen LogP contribution in [-0.4, -0.2) is 53.4 Å². The first-order chi connectivity index (χ1) is 14.9. The molecule has 0 bridgehead atoms. The molecule has 0 unspecified atom stereocenters. The molecule has 3 rings (SSSR count). The molecule has 11 heteroatoms. The average Bonchev–Trinajstić information content (AvgIpc) is 3.10. The third-order valence-electron chi connectivity index (χ3n) is 4.69. The lowest BCUT2D eigenvalue weighted by Crippen LogP contribution is -2.46. The van der Waals surface area contributed by atoms with Crippen molar-refractivity contribution in [3.63, 3.8) is 0 Å². The minimum atomic E-state index is -5.08. The van der Waals surface area contributed by atoms with Crippen LogP contribution in [0.4, 0.5) is 26.3 Å². The number of carbonyl (C=O) groups excluding carboxylic acids is 1. The second-order valence-electron chi connectivity index (χ2n) is 7.08. The number of carboxylic acid groups (broad SMARTS) is 1. The van der Waals surface area contributed by atoms with E-state index in [4.69, 9.17) is 9.90 Å². The van der Waals surface area contributed by atoms with Crippen LogP contribution in [0.3, 0.4) is 0 Å². The topological polar surface area (TPSA) is 69.6 Å². The monoisotopic (exact) mass is 462 g/mol. The van der Waals surface area contributed by atoms with Crippen LogP contribution >= 0.6 is 0 Å². The summed E-state index contributed by atoms with van der Waals surface area (Å²) in [6.45, 7) is 1.63. The van der Waals surface area contributed by atoms with E-state index in [1.165, 1.54) is 0 Å². The molecule has 0 aliphatic carbocycles. The summed E-state index contributed by atoms with van der Waals surface area (Å²) in [5.74, 6) is -4.80. The average molecular weight is 462 g/mol. The fourth-order valence-electron chi connectivity index (χ4n) is 3.29. The molecule has 2 atom stereocenters. The number of aliphatic carboxylic acids is 1. The summed E-state index contributed by atoms with van der Waals surface area (Å²) < 4.78 is 69.7. The van der Waals surface area contributed by atoms with Crippen molar-refractivity contribution in [3.05, 3.63) is 71.8 Å². The van der Waals surface area contributed by atoms with Gasteiger partial charge in [-0.1, -0.05) is 60.7 Å². The number of hydrogen-bond donors (Lipinski definition) is 2. The molecule has 2 aromatic rings. The summed E-state index contributed by atoms with van der Waals surface area (Å²) in [7, 11) is 0. The van der Waals surface area contributed by atoms with Crippen molar-refractivity contribution in [2.45, 2.75) is 30.9 Å². The molecule has 0 radical (unpaired) electrons. The number of amides is 1. The van der Waals surface area contributed by atoms with Gasteiger partial charge >= 0.3 is 24.2 Å².